The number of aryl methyl sites for hydroxylation is 1. The van der Waals surface area contributed by atoms with Crippen LogP contribution in [0.4, 0.5) is 0 Å². The molecule has 0 amide bonds. The molecular formula is C17H15NO2. The van der Waals surface area contributed by atoms with E-state index in [4.69, 9.17) is 4.74 Å². The molecule has 3 nitrogen and oxygen atoms in total. The van der Waals surface area contributed by atoms with E-state index in [1.807, 2.05) is 37.4 Å². The Labute approximate surface area is 117 Å². The van der Waals surface area contributed by atoms with E-state index in [1.54, 1.807) is 6.07 Å². The van der Waals surface area contributed by atoms with Gasteiger partial charge in [-0.15, -0.1) is 0 Å². The number of esters is 1. The molecule has 0 N–H and O–H groups in total. The molecule has 20 heavy (non-hydrogen) atoms. The number of para-hydroxylation sites is 1. The van der Waals surface area contributed by atoms with Gasteiger partial charge in [0.25, 0.3) is 0 Å². The summed E-state index contributed by atoms with van der Waals surface area (Å²) in [6.07, 6.45) is 2.05. The van der Waals surface area contributed by atoms with Crippen molar-refractivity contribution in [3.8, 4) is 5.69 Å². The summed E-state index contributed by atoms with van der Waals surface area (Å²) in [4.78, 5) is 11.5. The Balaban J connectivity index is 2.13. The Hall–Kier alpha value is -2.55. The van der Waals surface area contributed by atoms with Gasteiger partial charge in [-0.3, -0.25) is 0 Å². The third-order valence-corrected chi connectivity index (χ3v) is 3.48. The lowest BCUT2D eigenvalue weighted by Crippen LogP contribution is -2.03. The summed E-state index contributed by atoms with van der Waals surface area (Å²) in [6.45, 7) is 2.00. The molecule has 0 spiro atoms. The highest BCUT2D eigenvalue weighted by molar-refractivity contribution is 5.90. The number of fused-ring (bicyclic) bond motifs is 1. The standard InChI is InChI=1S/C17H15NO2/c1-12-11-14(17(19)20-2)7-8-15(12)18-10-9-13-5-3-4-6-16(13)18/h3-11H,1-2H3. The largest absolute Gasteiger partial charge is 0.465 e. The molecule has 0 saturated carbocycles. The van der Waals surface area contributed by atoms with Crippen LogP contribution in [-0.4, -0.2) is 17.6 Å². The lowest BCUT2D eigenvalue weighted by Gasteiger charge is -2.10. The Morgan fingerprint density at radius 2 is 1.90 bits per heavy atom. The second kappa shape index (κ2) is 4.85. The van der Waals surface area contributed by atoms with E-state index >= 15 is 0 Å². The van der Waals surface area contributed by atoms with Crippen LogP contribution >= 0.6 is 0 Å². The quantitative estimate of drug-likeness (QED) is 0.661. The molecule has 3 heteroatoms. The molecule has 0 aliphatic carbocycles. The second-order valence-corrected chi connectivity index (χ2v) is 4.74. The molecule has 0 bridgehead atoms. The highest BCUT2D eigenvalue weighted by atomic mass is 16.5. The number of nitrogens with zero attached hydrogens (tertiary/aromatic N) is 1. The number of rotatable bonds is 2. The second-order valence-electron chi connectivity index (χ2n) is 4.74. The zero-order chi connectivity index (χ0) is 14.1. The minimum Gasteiger partial charge on any atom is -0.465 e. The van der Waals surface area contributed by atoms with E-state index in [0.29, 0.717) is 5.56 Å². The fourth-order valence-electron chi connectivity index (χ4n) is 2.46. The molecule has 0 radical (unpaired) electrons. The van der Waals surface area contributed by atoms with Crippen LogP contribution in [0.1, 0.15) is 15.9 Å². The first kappa shape index (κ1) is 12.5. The summed E-state index contributed by atoms with van der Waals surface area (Å²) in [7, 11) is 1.39. The molecular weight excluding hydrogens is 250 g/mol. The van der Waals surface area contributed by atoms with Gasteiger partial charge >= 0.3 is 5.97 Å². The van der Waals surface area contributed by atoms with Crippen LogP contribution in [0.5, 0.6) is 0 Å². The van der Waals surface area contributed by atoms with Crippen molar-refractivity contribution in [2.45, 2.75) is 6.92 Å². The molecule has 1 aromatic heterocycles. The van der Waals surface area contributed by atoms with Crippen LogP contribution in [0.25, 0.3) is 16.6 Å². The summed E-state index contributed by atoms with van der Waals surface area (Å²) in [5, 5.41) is 1.20. The summed E-state index contributed by atoms with van der Waals surface area (Å²) in [5.41, 5.74) is 3.83. The highest BCUT2D eigenvalue weighted by Gasteiger charge is 2.10. The van der Waals surface area contributed by atoms with Crippen LogP contribution in [0.2, 0.25) is 0 Å². The van der Waals surface area contributed by atoms with Crippen molar-refractivity contribution < 1.29 is 9.53 Å². The number of hydrogen-bond donors (Lipinski definition) is 0. The maximum absolute atomic E-state index is 11.5. The van der Waals surface area contributed by atoms with Gasteiger partial charge in [0.15, 0.2) is 0 Å². The van der Waals surface area contributed by atoms with Crippen molar-refractivity contribution in [3.05, 3.63) is 65.9 Å². The third-order valence-electron chi connectivity index (χ3n) is 3.48. The zero-order valence-corrected chi connectivity index (χ0v) is 11.5. The monoisotopic (exact) mass is 265 g/mol. The molecule has 0 saturated heterocycles. The normalized spacial score (nSPS) is 10.7. The predicted octanol–water partition coefficient (Wildman–Crippen LogP) is 3.73. The minimum absolute atomic E-state index is 0.308. The first-order valence-electron chi connectivity index (χ1n) is 6.46. The molecule has 100 valence electrons. The number of carbonyl (C=O) groups excluding carboxylic acids is 1. The number of ether oxygens (including phenoxy) is 1. The Morgan fingerprint density at radius 1 is 1.10 bits per heavy atom. The topological polar surface area (TPSA) is 31.2 Å². The van der Waals surface area contributed by atoms with Crippen molar-refractivity contribution >= 4 is 16.9 Å². The predicted molar refractivity (Wildman–Crippen MR) is 79.4 cm³/mol. The number of methoxy groups -OCH3 is 1. The molecule has 3 rings (SSSR count). The van der Waals surface area contributed by atoms with Crippen LogP contribution in [-0.2, 0) is 4.74 Å². The SMILES string of the molecule is COC(=O)c1ccc(-n2ccc3ccccc32)c(C)c1. The van der Waals surface area contributed by atoms with Gasteiger partial charge in [0.05, 0.1) is 18.2 Å². The maximum Gasteiger partial charge on any atom is 0.337 e. The number of carbonyl (C=O) groups is 1. The van der Waals surface area contributed by atoms with Gasteiger partial charge < -0.3 is 9.30 Å². The van der Waals surface area contributed by atoms with Crippen molar-refractivity contribution in [3.63, 3.8) is 0 Å². The van der Waals surface area contributed by atoms with Crippen molar-refractivity contribution in [1.29, 1.82) is 0 Å². The highest BCUT2D eigenvalue weighted by Crippen LogP contribution is 2.23. The van der Waals surface area contributed by atoms with Gasteiger partial charge in [-0.2, -0.15) is 0 Å². The van der Waals surface area contributed by atoms with Gasteiger partial charge in [0.1, 0.15) is 0 Å². The van der Waals surface area contributed by atoms with E-state index < -0.39 is 0 Å². The van der Waals surface area contributed by atoms with E-state index in [0.717, 1.165) is 16.8 Å². The lowest BCUT2D eigenvalue weighted by molar-refractivity contribution is 0.0600. The number of hydrogen-bond acceptors (Lipinski definition) is 2. The summed E-state index contributed by atoms with van der Waals surface area (Å²) in [5.74, 6) is -0.308. The van der Waals surface area contributed by atoms with Gasteiger partial charge in [-0.05, 0) is 48.2 Å². The first-order chi connectivity index (χ1) is 9.70. The van der Waals surface area contributed by atoms with Gasteiger partial charge in [-0.1, -0.05) is 18.2 Å². The van der Waals surface area contributed by atoms with Gasteiger partial charge in [0.2, 0.25) is 0 Å². The van der Waals surface area contributed by atoms with Crippen LogP contribution in [0.3, 0.4) is 0 Å². The number of benzene rings is 2. The first-order valence-corrected chi connectivity index (χ1v) is 6.46. The van der Waals surface area contributed by atoms with Gasteiger partial charge in [-0.25, -0.2) is 4.79 Å². The van der Waals surface area contributed by atoms with Crippen LogP contribution < -0.4 is 0 Å². The van der Waals surface area contributed by atoms with Crippen molar-refractivity contribution in [2.75, 3.05) is 7.11 Å². The molecule has 0 aliphatic heterocycles. The zero-order valence-electron chi connectivity index (χ0n) is 11.5. The molecule has 2 aromatic carbocycles. The lowest BCUT2D eigenvalue weighted by atomic mass is 10.1. The van der Waals surface area contributed by atoms with E-state index in [-0.39, 0.29) is 5.97 Å². The van der Waals surface area contributed by atoms with E-state index in [1.165, 1.54) is 12.5 Å². The molecule has 0 atom stereocenters. The molecule has 3 aromatic rings. The van der Waals surface area contributed by atoms with Crippen molar-refractivity contribution in [1.82, 2.24) is 4.57 Å². The average Bonchev–Trinajstić information content (AvgIpc) is 2.90. The Kier molecular flexibility index (Phi) is 3.03. The van der Waals surface area contributed by atoms with Crippen molar-refractivity contribution in [2.24, 2.45) is 0 Å². The van der Waals surface area contributed by atoms with Crippen LogP contribution in [0, 0.1) is 6.92 Å². The fourth-order valence-corrected chi connectivity index (χ4v) is 2.46. The number of aromatic nitrogens is 1. The smallest absolute Gasteiger partial charge is 0.337 e. The minimum atomic E-state index is -0.308. The molecule has 0 unspecified atom stereocenters. The fraction of sp³-hybridized carbons (Fsp3) is 0.118. The molecule has 0 fully saturated rings. The summed E-state index contributed by atoms with van der Waals surface area (Å²) in [6, 6.07) is 15.9. The van der Waals surface area contributed by atoms with E-state index in [2.05, 4.69) is 22.8 Å². The average molecular weight is 265 g/mol. The molecule has 1 heterocycles. The maximum atomic E-state index is 11.5. The Morgan fingerprint density at radius 3 is 2.65 bits per heavy atom. The van der Waals surface area contributed by atoms with E-state index in [9.17, 15) is 4.79 Å². The van der Waals surface area contributed by atoms with Gasteiger partial charge in [0, 0.05) is 11.9 Å². The molecule has 0 aliphatic rings. The summed E-state index contributed by atoms with van der Waals surface area (Å²) >= 11 is 0. The Bertz CT molecular complexity index is 787. The van der Waals surface area contributed by atoms with Crippen LogP contribution in [0.15, 0.2) is 54.7 Å². The third kappa shape index (κ3) is 1.97. The summed E-state index contributed by atoms with van der Waals surface area (Å²) < 4.78 is 6.88.